The van der Waals surface area contributed by atoms with Crippen LogP contribution in [0.2, 0.25) is 0 Å². The van der Waals surface area contributed by atoms with E-state index in [1.807, 2.05) is 6.92 Å². The largest absolute Gasteiger partial charge is 0.389 e. The van der Waals surface area contributed by atoms with Crippen molar-refractivity contribution in [3.63, 3.8) is 0 Å². The Bertz CT molecular complexity index is 579. The third kappa shape index (κ3) is 2.14. The molecule has 134 valence electrons. The highest BCUT2D eigenvalue weighted by atomic mass is 16.3. The van der Waals surface area contributed by atoms with E-state index in [4.69, 9.17) is 0 Å². The van der Waals surface area contributed by atoms with Crippen LogP contribution in [0.1, 0.15) is 72.6 Å². The SMILES string of the molecule is CC(=O)[C@H]1CCC2[C@@H]3CC(C)C4=CC(O)CCC4(C)C3CC[C@@]21C. The second-order valence-corrected chi connectivity index (χ2v) is 9.94. The van der Waals surface area contributed by atoms with Crippen LogP contribution in [0.3, 0.4) is 0 Å². The number of fused-ring (bicyclic) bond motifs is 5. The van der Waals surface area contributed by atoms with Crippen molar-refractivity contribution in [2.45, 2.75) is 78.7 Å². The first-order chi connectivity index (χ1) is 11.3. The molecule has 0 saturated heterocycles. The highest BCUT2D eigenvalue weighted by Crippen LogP contribution is 2.67. The lowest BCUT2D eigenvalue weighted by Gasteiger charge is -2.60. The summed E-state index contributed by atoms with van der Waals surface area (Å²) < 4.78 is 0. The smallest absolute Gasteiger partial charge is 0.133 e. The summed E-state index contributed by atoms with van der Waals surface area (Å²) in [6, 6.07) is 0. The minimum atomic E-state index is -0.227. The standard InChI is InChI=1S/C22H34O2/c1-13-11-16-18-6-5-17(14(2)23)21(18,3)10-8-19(16)22(4)9-7-15(24)12-20(13)22/h12-13,15-19,24H,5-11H2,1-4H3/t13?,15?,16-,17+,18?,19?,21+,22?/m0/s1. The van der Waals surface area contributed by atoms with Gasteiger partial charge in [-0.2, -0.15) is 0 Å². The monoisotopic (exact) mass is 330 g/mol. The van der Waals surface area contributed by atoms with Gasteiger partial charge in [0.1, 0.15) is 5.78 Å². The molecule has 4 aliphatic carbocycles. The van der Waals surface area contributed by atoms with Crippen molar-refractivity contribution >= 4 is 5.78 Å². The van der Waals surface area contributed by atoms with Crippen LogP contribution in [0.25, 0.3) is 0 Å². The van der Waals surface area contributed by atoms with Gasteiger partial charge in [-0.05, 0) is 86.4 Å². The summed E-state index contributed by atoms with van der Waals surface area (Å²) >= 11 is 0. The highest BCUT2D eigenvalue weighted by molar-refractivity contribution is 5.79. The number of carbonyl (C=O) groups excluding carboxylic acids is 1. The van der Waals surface area contributed by atoms with Crippen LogP contribution < -0.4 is 0 Å². The lowest BCUT2D eigenvalue weighted by Crippen LogP contribution is -2.52. The Labute approximate surface area is 147 Å². The molecule has 0 radical (unpaired) electrons. The molecule has 0 spiro atoms. The van der Waals surface area contributed by atoms with Crippen LogP contribution in [0.15, 0.2) is 11.6 Å². The van der Waals surface area contributed by atoms with Crippen LogP contribution in [0.4, 0.5) is 0 Å². The molecule has 0 aromatic carbocycles. The van der Waals surface area contributed by atoms with E-state index in [1.54, 1.807) is 5.57 Å². The molecule has 0 heterocycles. The van der Waals surface area contributed by atoms with Crippen molar-refractivity contribution in [3.8, 4) is 0 Å². The van der Waals surface area contributed by atoms with Gasteiger partial charge in [0.05, 0.1) is 6.10 Å². The number of aliphatic hydroxyl groups excluding tert-OH is 1. The molecule has 0 aromatic heterocycles. The molecular formula is C22H34O2. The van der Waals surface area contributed by atoms with Crippen LogP contribution >= 0.6 is 0 Å². The van der Waals surface area contributed by atoms with Gasteiger partial charge in [-0.3, -0.25) is 4.79 Å². The number of carbonyl (C=O) groups is 1. The summed E-state index contributed by atoms with van der Waals surface area (Å²) in [4.78, 5) is 12.2. The molecule has 24 heavy (non-hydrogen) atoms. The fourth-order valence-electron chi connectivity index (χ4n) is 7.81. The van der Waals surface area contributed by atoms with E-state index < -0.39 is 0 Å². The number of rotatable bonds is 1. The van der Waals surface area contributed by atoms with Crippen molar-refractivity contribution in [2.75, 3.05) is 0 Å². The highest BCUT2D eigenvalue weighted by Gasteiger charge is 2.60. The van der Waals surface area contributed by atoms with E-state index in [1.165, 1.54) is 25.7 Å². The van der Waals surface area contributed by atoms with E-state index in [2.05, 4.69) is 26.8 Å². The molecule has 0 aliphatic heterocycles. The summed E-state index contributed by atoms with van der Waals surface area (Å²) in [6.45, 7) is 9.11. The first kappa shape index (κ1) is 16.8. The first-order valence-electron chi connectivity index (χ1n) is 10.2. The number of allylic oxidation sites excluding steroid dienone is 1. The predicted molar refractivity (Wildman–Crippen MR) is 96.4 cm³/mol. The summed E-state index contributed by atoms with van der Waals surface area (Å²) in [5, 5.41) is 10.1. The Hall–Kier alpha value is -0.630. The van der Waals surface area contributed by atoms with Crippen molar-refractivity contribution in [1.82, 2.24) is 0 Å². The second kappa shape index (κ2) is 5.43. The molecule has 4 rings (SSSR count). The van der Waals surface area contributed by atoms with Gasteiger partial charge in [-0.25, -0.2) is 0 Å². The maximum Gasteiger partial charge on any atom is 0.133 e. The maximum absolute atomic E-state index is 12.2. The molecule has 0 bridgehead atoms. The zero-order valence-corrected chi connectivity index (χ0v) is 15.8. The summed E-state index contributed by atoms with van der Waals surface area (Å²) in [5.41, 5.74) is 2.09. The molecular weight excluding hydrogens is 296 g/mol. The van der Waals surface area contributed by atoms with Gasteiger partial charge in [0.15, 0.2) is 0 Å². The Morgan fingerprint density at radius 2 is 1.88 bits per heavy atom. The Balaban J connectivity index is 1.70. The van der Waals surface area contributed by atoms with Gasteiger partial charge >= 0.3 is 0 Å². The van der Waals surface area contributed by atoms with Crippen molar-refractivity contribution in [1.29, 1.82) is 0 Å². The van der Waals surface area contributed by atoms with Gasteiger partial charge < -0.3 is 5.11 Å². The average Bonchev–Trinajstić information content (AvgIpc) is 2.87. The van der Waals surface area contributed by atoms with Gasteiger partial charge in [-0.15, -0.1) is 0 Å². The number of ketones is 1. The number of hydrogen-bond acceptors (Lipinski definition) is 2. The van der Waals surface area contributed by atoms with E-state index in [0.717, 1.165) is 37.0 Å². The molecule has 2 nitrogen and oxygen atoms in total. The number of aliphatic hydroxyl groups is 1. The molecule has 8 atom stereocenters. The quantitative estimate of drug-likeness (QED) is 0.704. The normalized spacial score (nSPS) is 53.6. The summed E-state index contributed by atoms with van der Waals surface area (Å²) in [7, 11) is 0. The van der Waals surface area contributed by atoms with Crippen LogP contribution in [-0.4, -0.2) is 17.0 Å². The van der Waals surface area contributed by atoms with Gasteiger partial charge in [0.25, 0.3) is 0 Å². The molecule has 1 N–H and O–H groups in total. The zero-order valence-electron chi connectivity index (χ0n) is 15.8. The Morgan fingerprint density at radius 3 is 2.58 bits per heavy atom. The molecule has 2 heteroatoms. The Kier molecular flexibility index (Phi) is 3.81. The Morgan fingerprint density at radius 1 is 1.12 bits per heavy atom. The number of Topliss-reactive ketones (excluding diaryl/α,β-unsaturated/α-hetero) is 1. The lowest BCUT2D eigenvalue weighted by molar-refractivity contribution is -0.128. The van der Waals surface area contributed by atoms with Crippen molar-refractivity contribution in [3.05, 3.63) is 11.6 Å². The van der Waals surface area contributed by atoms with Gasteiger partial charge in [-0.1, -0.05) is 32.4 Å². The van der Waals surface area contributed by atoms with E-state index >= 15 is 0 Å². The van der Waals surface area contributed by atoms with Crippen LogP contribution in [0, 0.1) is 40.4 Å². The molecule has 0 aromatic rings. The minimum Gasteiger partial charge on any atom is -0.389 e. The number of hydrogen-bond donors (Lipinski definition) is 1. The third-order valence-electron chi connectivity index (χ3n) is 8.89. The van der Waals surface area contributed by atoms with Crippen LogP contribution in [0.5, 0.6) is 0 Å². The molecule has 3 saturated carbocycles. The zero-order chi connectivity index (χ0) is 17.3. The molecule has 3 fully saturated rings. The maximum atomic E-state index is 12.2. The molecule has 4 aliphatic rings. The van der Waals surface area contributed by atoms with Gasteiger partial charge in [0.2, 0.25) is 0 Å². The minimum absolute atomic E-state index is 0.227. The fraction of sp³-hybridized carbons (Fsp3) is 0.864. The molecule has 5 unspecified atom stereocenters. The van der Waals surface area contributed by atoms with E-state index in [9.17, 15) is 9.90 Å². The summed E-state index contributed by atoms with van der Waals surface area (Å²) in [5.74, 6) is 3.59. The van der Waals surface area contributed by atoms with Crippen molar-refractivity contribution < 1.29 is 9.90 Å². The first-order valence-corrected chi connectivity index (χ1v) is 10.2. The summed E-state index contributed by atoms with van der Waals surface area (Å²) in [6.07, 6.45) is 10.2. The van der Waals surface area contributed by atoms with E-state index in [-0.39, 0.29) is 16.9 Å². The predicted octanol–water partition coefficient (Wildman–Crippen LogP) is 4.76. The van der Waals surface area contributed by atoms with Crippen LogP contribution in [-0.2, 0) is 4.79 Å². The fourth-order valence-corrected chi connectivity index (χ4v) is 7.81. The molecule has 0 amide bonds. The third-order valence-corrected chi connectivity index (χ3v) is 8.89. The van der Waals surface area contributed by atoms with Gasteiger partial charge in [0, 0.05) is 5.92 Å². The topological polar surface area (TPSA) is 37.3 Å². The lowest BCUT2D eigenvalue weighted by atomic mass is 9.45. The second-order valence-electron chi connectivity index (χ2n) is 9.94. The van der Waals surface area contributed by atoms with Crippen molar-refractivity contribution in [2.24, 2.45) is 40.4 Å². The van der Waals surface area contributed by atoms with E-state index in [0.29, 0.717) is 17.6 Å². The average molecular weight is 331 g/mol.